The molecule has 0 saturated heterocycles. The Labute approximate surface area is 77.2 Å². The third kappa shape index (κ3) is 1.21. The van der Waals surface area contributed by atoms with E-state index in [1.807, 2.05) is 12.1 Å². The first-order chi connectivity index (χ1) is 6.17. The fourth-order valence-corrected chi connectivity index (χ4v) is 1.91. The zero-order valence-corrected chi connectivity index (χ0v) is 7.63. The van der Waals surface area contributed by atoms with Crippen molar-refractivity contribution < 1.29 is 9.50 Å². The first-order valence-electron chi connectivity index (χ1n) is 4.59. The lowest BCUT2D eigenvalue weighted by molar-refractivity contribution is 0.285. The molecule has 0 radical (unpaired) electrons. The highest BCUT2D eigenvalue weighted by Gasteiger charge is 2.50. The molecule has 0 amide bonds. The number of hydrogen-bond acceptors (Lipinski definition) is 1. The first-order valence-corrected chi connectivity index (χ1v) is 4.59. The van der Waals surface area contributed by atoms with Crippen LogP contribution in [-0.2, 0) is 5.41 Å². The lowest BCUT2D eigenvalue weighted by Crippen LogP contribution is -2.18. The van der Waals surface area contributed by atoms with Crippen LogP contribution in [0.4, 0.5) is 4.39 Å². The van der Waals surface area contributed by atoms with Gasteiger partial charge >= 0.3 is 0 Å². The molecule has 70 valence electrons. The summed E-state index contributed by atoms with van der Waals surface area (Å²) < 4.78 is 13.3. The fraction of sp³-hybridized carbons (Fsp3) is 0.455. The fourth-order valence-electron chi connectivity index (χ4n) is 1.91. The number of halogens is 1. The van der Waals surface area contributed by atoms with E-state index in [1.165, 1.54) is 0 Å². The number of hydrogen-bond donors (Lipinski definition) is 1. The van der Waals surface area contributed by atoms with Gasteiger partial charge in [-0.2, -0.15) is 0 Å². The van der Waals surface area contributed by atoms with Crippen molar-refractivity contribution in [2.24, 2.45) is 0 Å². The lowest BCUT2D eigenvalue weighted by atomic mass is 9.91. The lowest BCUT2D eigenvalue weighted by Gasteiger charge is -2.17. The minimum absolute atomic E-state index is 0.226. The highest BCUT2D eigenvalue weighted by atomic mass is 19.1. The van der Waals surface area contributed by atoms with Crippen LogP contribution in [0.15, 0.2) is 24.3 Å². The summed E-state index contributed by atoms with van der Waals surface area (Å²) >= 11 is 0. The van der Waals surface area contributed by atoms with Crippen LogP contribution in [0.3, 0.4) is 0 Å². The molecule has 1 atom stereocenters. The van der Waals surface area contributed by atoms with E-state index in [-0.39, 0.29) is 11.2 Å². The molecule has 0 aliphatic heterocycles. The van der Waals surface area contributed by atoms with Gasteiger partial charge in [0.25, 0.3) is 0 Å². The summed E-state index contributed by atoms with van der Waals surface area (Å²) in [6, 6.07) is 7.05. The minimum atomic E-state index is -0.874. The van der Waals surface area contributed by atoms with Gasteiger partial charge in [-0.1, -0.05) is 18.2 Å². The summed E-state index contributed by atoms with van der Waals surface area (Å²) in [6.07, 6.45) is 0.825. The summed E-state index contributed by atoms with van der Waals surface area (Å²) in [5.74, 6) is 0.226. The van der Waals surface area contributed by atoms with E-state index >= 15 is 0 Å². The van der Waals surface area contributed by atoms with Gasteiger partial charge < -0.3 is 5.11 Å². The van der Waals surface area contributed by atoms with E-state index in [0.29, 0.717) is 0 Å². The van der Waals surface area contributed by atoms with Crippen LogP contribution >= 0.6 is 0 Å². The Morgan fingerprint density at radius 1 is 1.38 bits per heavy atom. The number of phenolic OH excluding ortho intramolecular Hbond substituents is 1. The molecule has 1 unspecified atom stereocenters. The molecule has 1 aromatic rings. The van der Waals surface area contributed by atoms with Crippen LogP contribution in [-0.4, -0.2) is 11.3 Å². The number of rotatable bonds is 2. The Morgan fingerprint density at radius 2 is 2.00 bits per heavy atom. The second-order valence-corrected chi connectivity index (χ2v) is 3.79. The van der Waals surface area contributed by atoms with Crippen LogP contribution < -0.4 is 0 Å². The van der Waals surface area contributed by atoms with E-state index in [2.05, 4.69) is 0 Å². The smallest absolute Gasteiger partial charge is 0.119 e. The van der Waals surface area contributed by atoms with Gasteiger partial charge in [0.05, 0.1) is 0 Å². The van der Waals surface area contributed by atoms with Crippen LogP contribution in [0.2, 0.25) is 0 Å². The summed E-state index contributed by atoms with van der Waals surface area (Å²) in [5, 5.41) is 9.57. The molecule has 13 heavy (non-hydrogen) atoms. The summed E-state index contributed by atoms with van der Waals surface area (Å²) in [7, 11) is 0. The van der Waals surface area contributed by atoms with Crippen LogP contribution in [0.5, 0.6) is 5.75 Å². The van der Waals surface area contributed by atoms with Crippen LogP contribution in [0.25, 0.3) is 0 Å². The number of aromatic hydroxyl groups is 1. The molecule has 0 bridgehead atoms. The SMILES string of the molecule is CC(F)C1(c2ccccc2O)CC1. The zero-order valence-electron chi connectivity index (χ0n) is 7.63. The highest BCUT2D eigenvalue weighted by molar-refractivity contribution is 5.43. The van der Waals surface area contributed by atoms with Crippen LogP contribution in [0, 0.1) is 0 Å². The third-order valence-corrected chi connectivity index (χ3v) is 2.99. The van der Waals surface area contributed by atoms with Crippen molar-refractivity contribution in [3.05, 3.63) is 29.8 Å². The average Bonchev–Trinajstić information content (AvgIpc) is 2.85. The molecule has 1 fully saturated rings. The van der Waals surface area contributed by atoms with E-state index < -0.39 is 6.17 Å². The first kappa shape index (κ1) is 8.54. The van der Waals surface area contributed by atoms with Crippen molar-refractivity contribution >= 4 is 0 Å². The topological polar surface area (TPSA) is 20.2 Å². The van der Waals surface area contributed by atoms with Gasteiger partial charge in [0.2, 0.25) is 0 Å². The van der Waals surface area contributed by atoms with Gasteiger partial charge in [0.15, 0.2) is 0 Å². The molecule has 1 aliphatic carbocycles. The largest absolute Gasteiger partial charge is 0.508 e. The Bertz CT molecular complexity index is 316. The molecule has 0 aromatic heterocycles. The zero-order chi connectivity index (χ0) is 9.47. The van der Waals surface area contributed by atoms with Crippen molar-refractivity contribution in [1.82, 2.24) is 0 Å². The minimum Gasteiger partial charge on any atom is -0.508 e. The maximum atomic E-state index is 13.3. The Balaban J connectivity index is 2.41. The van der Waals surface area contributed by atoms with E-state index in [0.717, 1.165) is 18.4 Å². The monoisotopic (exact) mass is 180 g/mol. The molecular formula is C11H13FO. The van der Waals surface area contributed by atoms with Gasteiger partial charge in [0.1, 0.15) is 11.9 Å². The van der Waals surface area contributed by atoms with Crippen LogP contribution in [0.1, 0.15) is 25.3 Å². The van der Waals surface area contributed by atoms with Gasteiger partial charge in [-0.25, -0.2) is 4.39 Å². The number of benzene rings is 1. The molecule has 0 spiro atoms. The molecular weight excluding hydrogens is 167 g/mol. The number of phenols is 1. The van der Waals surface area contributed by atoms with Gasteiger partial charge in [-0.15, -0.1) is 0 Å². The molecule has 1 aliphatic rings. The maximum absolute atomic E-state index is 13.3. The second-order valence-electron chi connectivity index (χ2n) is 3.79. The van der Waals surface area contributed by atoms with E-state index in [4.69, 9.17) is 0 Å². The quantitative estimate of drug-likeness (QED) is 0.742. The molecule has 1 aromatic carbocycles. The standard InChI is InChI=1S/C11H13FO/c1-8(12)11(6-7-11)9-4-2-3-5-10(9)13/h2-5,8,13H,6-7H2,1H3. The Morgan fingerprint density at radius 3 is 2.46 bits per heavy atom. The predicted octanol–water partition coefficient (Wildman–Crippen LogP) is 2.78. The van der Waals surface area contributed by atoms with Crippen molar-refractivity contribution in [2.75, 3.05) is 0 Å². The Hall–Kier alpha value is -1.05. The third-order valence-electron chi connectivity index (χ3n) is 2.99. The molecule has 0 heterocycles. The van der Waals surface area contributed by atoms with Crippen molar-refractivity contribution in [3.8, 4) is 5.75 Å². The van der Waals surface area contributed by atoms with E-state index in [9.17, 15) is 9.50 Å². The second kappa shape index (κ2) is 2.72. The van der Waals surface area contributed by atoms with Gasteiger partial charge in [0, 0.05) is 11.0 Å². The van der Waals surface area contributed by atoms with Gasteiger partial charge in [-0.3, -0.25) is 0 Å². The molecule has 1 nitrogen and oxygen atoms in total. The maximum Gasteiger partial charge on any atom is 0.119 e. The Kier molecular flexibility index (Phi) is 1.79. The number of para-hydroxylation sites is 1. The normalized spacial score (nSPS) is 21.1. The number of alkyl halides is 1. The summed E-state index contributed by atoms with van der Waals surface area (Å²) in [6.45, 7) is 1.57. The summed E-state index contributed by atoms with van der Waals surface area (Å²) in [5.41, 5.74) is 0.385. The van der Waals surface area contributed by atoms with Crippen molar-refractivity contribution in [1.29, 1.82) is 0 Å². The molecule has 1 saturated carbocycles. The molecule has 2 heteroatoms. The summed E-state index contributed by atoms with van der Waals surface area (Å²) in [4.78, 5) is 0. The highest BCUT2D eigenvalue weighted by Crippen LogP contribution is 2.54. The predicted molar refractivity (Wildman–Crippen MR) is 49.6 cm³/mol. The molecule has 2 rings (SSSR count). The average molecular weight is 180 g/mol. The van der Waals surface area contributed by atoms with Crippen molar-refractivity contribution in [3.63, 3.8) is 0 Å². The van der Waals surface area contributed by atoms with Crippen molar-refractivity contribution in [2.45, 2.75) is 31.4 Å². The van der Waals surface area contributed by atoms with E-state index in [1.54, 1.807) is 19.1 Å². The van der Waals surface area contributed by atoms with Gasteiger partial charge in [-0.05, 0) is 25.8 Å². The molecule has 1 N–H and O–H groups in total.